The van der Waals surface area contributed by atoms with Crippen LogP contribution in [-0.2, 0) is 0 Å². The molecule has 1 fully saturated rings. The van der Waals surface area contributed by atoms with Gasteiger partial charge in [-0.3, -0.25) is 0 Å². The van der Waals surface area contributed by atoms with Crippen molar-refractivity contribution < 1.29 is 0 Å². The topological polar surface area (TPSA) is 29.9 Å². The third-order valence-electron chi connectivity index (χ3n) is 4.13. The molecule has 1 aromatic rings. The molecule has 1 aromatic heterocycles. The van der Waals surface area contributed by atoms with Crippen LogP contribution in [-0.4, -0.2) is 16.1 Å². The van der Waals surface area contributed by atoms with Gasteiger partial charge in [0.05, 0.1) is 5.69 Å². The summed E-state index contributed by atoms with van der Waals surface area (Å²) in [5.74, 6) is 1.99. The first kappa shape index (κ1) is 10.2. The van der Waals surface area contributed by atoms with Crippen molar-refractivity contribution in [2.24, 2.45) is 5.92 Å². The lowest BCUT2D eigenvalue weighted by Gasteiger charge is -2.34. The van der Waals surface area contributed by atoms with Crippen LogP contribution < -0.4 is 5.32 Å². The van der Waals surface area contributed by atoms with Gasteiger partial charge in [0.1, 0.15) is 0 Å². The third kappa shape index (κ3) is 1.72. The van der Waals surface area contributed by atoms with Crippen molar-refractivity contribution >= 4 is 5.95 Å². The number of nitrogens with zero attached hydrogens (tertiary/aromatic N) is 2. The Morgan fingerprint density at radius 3 is 2.88 bits per heavy atom. The molecular weight excluding hydrogens is 198 g/mol. The van der Waals surface area contributed by atoms with Crippen LogP contribution in [0.5, 0.6) is 0 Å². The molecule has 0 aromatic carbocycles. The summed E-state index contributed by atoms with van der Waals surface area (Å²) in [7, 11) is 0. The number of imidazole rings is 1. The lowest BCUT2D eigenvalue weighted by Crippen LogP contribution is -2.29. The summed E-state index contributed by atoms with van der Waals surface area (Å²) >= 11 is 0. The highest BCUT2D eigenvalue weighted by molar-refractivity contribution is 5.31. The molecule has 2 heterocycles. The monoisotopic (exact) mass is 219 g/mol. The highest BCUT2D eigenvalue weighted by atomic mass is 15.2. The van der Waals surface area contributed by atoms with Crippen molar-refractivity contribution in [3.05, 3.63) is 11.9 Å². The van der Waals surface area contributed by atoms with Crippen LogP contribution in [0.3, 0.4) is 0 Å². The van der Waals surface area contributed by atoms with E-state index >= 15 is 0 Å². The number of hydrogen-bond acceptors (Lipinski definition) is 2. The number of aromatic nitrogens is 2. The molecule has 88 valence electrons. The average molecular weight is 219 g/mol. The van der Waals surface area contributed by atoms with Crippen LogP contribution >= 0.6 is 0 Å². The van der Waals surface area contributed by atoms with Gasteiger partial charge in [-0.05, 0) is 32.1 Å². The summed E-state index contributed by atoms with van der Waals surface area (Å²) in [5, 5.41) is 3.40. The second-order valence-electron chi connectivity index (χ2n) is 5.29. The van der Waals surface area contributed by atoms with E-state index in [9.17, 15) is 0 Å². The fraction of sp³-hybridized carbons (Fsp3) is 0.769. The minimum absolute atomic E-state index is 0.706. The molecule has 3 heteroatoms. The van der Waals surface area contributed by atoms with Crippen LogP contribution in [0.15, 0.2) is 6.20 Å². The Morgan fingerprint density at radius 1 is 1.25 bits per heavy atom. The second-order valence-corrected chi connectivity index (χ2v) is 5.29. The van der Waals surface area contributed by atoms with Gasteiger partial charge < -0.3 is 9.88 Å². The summed E-state index contributed by atoms with van der Waals surface area (Å²) in [5.41, 5.74) is 1.14. The first-order valence-corrected chi connectivity index (χ1v) is 6.64. The van der Waals surface area contributed by atoms with Gasteiger partial charge in [-0.1, -0.05) is 19.3 Å². The molecule has 1 unspecified atom stereocenters. The number of aryl methyl sites for hydroxylation is 1. The lowest BCUT2D eigenvalue weighted by molar-refractivity contribution is 0.236. The molecule has 1 aliphatic heterocycles. The normalized spacial score (nSPS) is 26.2. The van der Waals surface area contributed by atoms with Crippen molar-refractivity contribution in [1.82, 2.24) is 9.55 Å². The average Bonchev–Trinajstić information content (AvgIpc) is 2.70. The molecule has 3 nitrogen and oxygen atoms in total. The Hall–Kier alpha value is -0.990. The first-order chi connectivity index (χ1) is 7.84. The molecule has 3 rings (SSSR count). The Kier molecular flexibility index (Phi) is 2.62. The van der Waals surface area contributed by atoms with Gasteiger partial charge in [0, 0.05) is 18.8 Å². The highest BCUT2D eigenvalue weighted by Gasteiger charge is 2.29. The van der Waals surface area contributed by atoms with Crippen LogP contribution in [0.1, 0.15) is 50.3 Å². The Balaban J connectivity index is 1.85. The van der Waals surface area contributed by atoms with Crippen LogP contribution in [0.25, 0.3) is 0 Å². The lowest BCUT2D eigenvalue weighted by atomic mass is 9.82. The molecule has 1 aliphatic carbocycles. The van der Waals surface area contributed by atoms with Crippen molar-refractivity contribution in [2.45, 2.75) is 51.5 Å². The SMILES string of the molecule is Cc1cn2c(n1)NCCC2C1CCCCC1. The van der Waals surface area contributed by atoms with E-state index < -0.39 is 0 Å². The summed E-state index contributed by atoms with van der Waals surface area (Å²) in [6, 6.07) is 0.706. The summed E-state index contributed by atoms with van der Waals surface area (Å²) in [6.45, 7) is 3.18. The maximum atomic E-state index is 4.55. The van der Waals surface area contributed by atoms with Crippen LogP contribution in [0, 0.1) is 12.8 Å². The highest BCUT2D eigenvalue weighted by Crippen LogP contribution is 2.38. The smallest absolute Gasteiger partial charge is 0.203 e. The molecule has 1 N–H and O–H groups in total. The molecule has 2 aliphatic rings. The second kappa shape index (κ2) is 4.11. The fourth-order valence-electron chi connectivity index (χ4n) is 3.35. The number of rotatable bonds is 1. The van der Waals surface area contributed by atoms with E-state index in [1.807, 2.05) is 0 Å². The molecule has 1 atom stereocenters. The maximum Gasteiger partial charge on any atom is 0.203 e. The zero-order chi connectivity index (χ0) is 11.0. The Labute approximate surface area is 97.3 Å². The van der Waals surface area contributed by atoms with E-state index in [0.29, 0.717) is 6.04 Å². The summed E-state index contributed by atoms with van der Waals surface area (Å²) < 4.78 is 2.40. The molecule has 0 spiro atoms. The molecule has 0 radical (unpaired) electrons. The zero-order valence-corrected chi connectivity index (χ0v) is 10.1. The minimum atomic E-state index is 0.706. The third-order valence-corrected chi connectivity index (χ3v) is 4.13. The van der Waals surface area contributed by atoms with E-state index in [1.165, 1.54) is 38.5 Å². The zero-order valence-electron chi connectivity index (χ0n) is 10.1. The molecular formula is C13H21N3. The van der Waals surface area contributed by atoms with Gasteiger partial charge in [0.2, 0.25) is 5.95 Å². The predicted molar refractivity (Wildman–Crippen MR) is 65.7 cm³/mol. The van der Waals surface area contributed by atoms with E-state index in [2.05, 4.69) is 28.0 Å². The van der Waals surface area contributed by atoms with Gasteiger partial charge in [-0.25, -0.2) is 4.98 Å². The maximum absolute atomic E-state index is 4.55. The van der Waals surface area contributed by atoms with Crippen molar-refractivity contribution in [3.8, 4) is 0 Å². The minimum Gasteiger partial charge on any atom is -0.356 e. The van der Waals surface area contributed by atoms with Crippen LogP contribution in [0.2, 0.25) is 0 Å². The summed E-state index contributed by atoms with van der Waals surface area (Å²) in [4.78, 5) is 4.55. The summed E-state index contributed by atoms with van der Waals surface area (Å²) in [6.07, 6.45) is 10.6. The van der Waals surface area contributed by atoms with Crippen molar-refractivity contribution in [3.63, 3.8) is 0 Å². The van der Waals surface area contributed by atoms with Gasteiger partial charge >= 0.3 is 0 Å². The van der Waals surface area contributed by atoms with Gasteiger partial charge in [-0.15, -0.1) is 0 Å². The molecule has 0 bridgehead atoms. The number of anilines is 1. The van der Waals surface area contributed by atoms with Gasteiger partial charge in [0.15, 0.2) is 0 Å². The van der Waals surface area contributed by atoms with Gasteiger partial charge in [-0.2, -0.15) is 0 Å². The van der Waals surface area contributed by atoms with E-state index in [4.69, 9.17) is 0 Å². The predicted octanol–water partition coefficient (Wildman–Crippen LogP) is 3.13. The Bertz CT molecular complexity index is 363. The Morgan fingerprint density at radius 2 is 2.06 bits per heavy atom. The standard InChI is InChI=1S/C13H21N3/c1-10-9-16-12(7-8-14-13(16)15-10)11-5-3-2-4-6-11/h9,11-12H,2-8H2,1H3,(H,14,15). The van der Waals surface area contributed by atoms with Gasteiger partial charge in [0.25, 0.3) is 0 Å². The largest absolute Gasteiger partial charge is 0.356 e. The quantitative estimate of drug-likeness (QED) is 0.786. The first-order valence-electron chi connectivity index (χ1n) is 6.64. The molecule has 0 saturated heterocycles. The van der Waals surface area contributed by atoms with Crippen LogP contribution in [0.4, 0.5) is 5.95 Å². The van der Waals surface area contributed by atoms with Crippen molar-refractivity contribution in [1.29, 1.82) is 0 Å². The number of nitrogens with one attached hydrogen (secondary N) is 1. The van der Waals surface area contributed by atoms with Crippen molar-refractivity contribution in [2.75, 3.05) is 11.9 Å². The van der Waals surface area contributed by atoms with E-state index in [1.54, 1.807) is 0 Å². The van der Waals surface area contributed by atoms with E-state index in [-0.39, 0.29) is 0 Å². The molecule has 0 amide bonds. The van der Waals surface area contributed by atoms with E-state index in [0.717, 1.165) is 24.1 Å². The molecule has 16 heavy (non-hydrogen) atoms. The molecule has 1 saturated carbocycles. The number of fused-ring (bicyclic) bond motifs is 1. The number of hydrogen-bond donors (Lipinski definition) is 1. The fourth-order valence-corrected chi connectivity index (χ4v) is 3.35.